The van der Waals surface area contributed by atoms with Gasteiger partial charge in [0.25, 0.3) is 0 Å². The Bertz CT molecular complexity index is 479. The van der Waals surface area contributed by atoms with Crippen molar-refractivity contribution in [3.63, 3.8) is 0 Å². The van der Waals surface area contributed by atoms with Crippen LogP contribution < -0.4 is 0 Å². The molecule has 0 radical (unpaired) electrons. The second-order valence-electron chi connectivity index (χ2n) is 3.91. The molecule has 0 fully saturated rings. The van der Waals surface area contributed by atoms with Crippen molar-refractivity contribution in [2.75, 3.05) is 7.05 Å². The lowest BCUT2D eigenvalue weighted by Gasteiger charge is -2.11. The normalized spacial score (nSPS) is 11.3. The summed E-state index contributed by atoms with van der Waals surface area (Å²) in [6, 6.07) is 0. The van der Waals surface area contributed by atoms with E-state index in [0.29, 0.717) is 24.9 Å². The van der Waals surface area contributed by atoms with Crippen LogP contribution in [0.25, 0.3) is 0 Å². The van der Waals surface area contributed by atoms with Gasteiger partial charge in [0.05, 0.1) is 6.54 Å². The molecule has 0 saturated carbocycles. The van der Waals surface area contributed by atoms with Crippen LogP contribution in [0, 0.1) is 6.92 Å². The third kappa shape index (κ3) is 2.88. The van der Waals surface area contributed by atoms with Gasteiger partial charge in [0.2, 0.25) is 11.8 Å². The highest BCUT2D eigenvalue weighted by molar-refractivity contribution is 5.04. The minimum atomic E-state index is 0.583. The van der Waals surface area contributed by atoms with Crippen LogP contribution in [0.4, 0.5) is 0 Å². The third-order valence-electron chi connectivity index (χ3n) is 2.38. The van der Waals surface area contributed by atoms with Gasteiger partial charge in [-0.05, 0) is 14.0 Å². The van der Waals surface area contributed by atoms with Crippen LogP contribution in [0.5, 0.6) is 0 Å². The molecule has 0 aliphatic carbocycles. The Morgan fingerprint density at radius 1 is 1.12 bits per heavy atom. The Morgan fingerprint density at radius 3 is 2.47 bits per heavy atom. The Kier molecular flexibility index (Phi) is 3.48. The SMILES string of the molecule is CCc1nnc(CN(C)Cc2nonc2C)o1. The van der Waals surface area contributed by atoms with E-state index in [1.165, 1.54) is 0 Å². The Balaban J connectivity index is 1.93. The Hall–Kier alpha value is -1.76. The van der Waals surface area contributed by atoms with Crippen LogP contribution in [-0.4, -0.2) is 32.5 Å². The first kappa shape index (κ1) is 11.7. The molecule has 0 aliphatic rings. The monoisotopic (exact) mass is 237 g/mol. The molecular formula is C10H15N5O2. The van der Waals surface area contributed by atoms with Gasteiger partial charge in [0, 0.05) is 13.0 Å². The Labute approximate surface area is 98.8 Å². The van der Waals surface area contributed by atoms with Crippen LogP contribution in [0.2, 0.25) is 0 Å². The molecule has 2 aromatic rings. The molecule has 0 amide bonds. The molecule has 0 saturated heterocycles. The summed E-state index contributed by atoms with van der Waals surface area (Å²) in [6.07, 6.45) is 0.753. The van der Waals surface area contributed by atoms with Gasteiger partial charge in [0.15, 0.2) is 0 Å². The van der Waals surface area contributed by atoms with E-state index in [1.807, 2.05) is 25.8 Å². The topological polar surface area (TPSA) is 81.1 Å². The first-order valence-electron chi connectivity index (χ1n) is 5.47. The number of hydrogen-bond acceptors (Lipinski definition) is 7. The largest absolute Gasteiger partial charge is 0.424 e. The summed E-state index contributed by atoms with van der Waals surface area (Å²) in [5.41, 5.74) is 1.62. The lowest BCUT2D eigenvalue weighted by molar-refractivity contribution is 0.260. The zero-order chi connectivity index (χ0) is 12.3. The summed E-state index contributed by atoms with van der Waals surface area (Å²) in [5, 5.41) is 15.4. The smallest absolute Gasteiger partial charge is 0.230 e. The predicted molar refractivity (Wildman–Crippen MR) is 57.9 cm³/mol. The fourth-order valence-corrected chi connectivity index (χ4v) is 1.43. The number of rotatable bonds is 5. The molecule has 0 bridgehead atoms. The van der Waals surface area contributed by atoms with E-state index in [4.69, 9.17) is 4.42 Å². The maximum atomic E-state index is 5.43. The van der Waals surface area contributed by atoms with Crippen molar-refractivity contribution in [3.8, 4) is 0 Å². The van der Waals surface area contributed by atoms with E-state index in [-0.39, 0.29) is 0 Å². The average Bonchev–Trinajstić information content (AvgIpc) is 2.89. The number of hydrogen-bond donors (Lipinski definition) is 0. The number of aromatic nitrogens is 4. The van der Waals surface area contributed by atoms with Crippen molar-refractivity contribution in [2.24, 2.45) is 0 Å². The van der Waals surface area contributed by atoms with Crippen molar-refractivity contribution in [3.05, 3.63) is 23.2 Å². The van der Waals surface area contributed by atoms with Crippen molar-refractivity contribution in [1.82, 2.24) is 25.4 Å². The van der Waals surface area contributed by atoms with Crippen LogP contribution in [0.15, 0.2) is 9.05 Å². The van der Waals surface area contributed by atoms with E-state index in [2.05, 4.69) is 25.1 Å². The van der Waals surface area contributed by atoms with Crippen molar-refractivity contribution < 1.29 is 9.05 Å². The first-order chi connectivity index (χ1) is 8.19. The van der Waals surface area contributed by atoms with Gasteiger partial charge in [-0.15, -0.1) is 10.2 Å². The lowest BCUT2D eigenvalue weighted by Crippen LogP contribution is -2.18. The summed E-state index contributed by atoms with van der Waals surface area (Å²) >= 11 is 0. The second-order valence-corrected chi connectivity index (χ2v) is 3.91. The van der Waals surface area contributed by atoms with E-state index >= 15 is 0 Å². The number of nitrogens with zero attached hydrogens (tertiary/aromatic N) is 5. The van der Waals surface area contributed by atoms with Crippen LogP contribution >= 0.6 is 0 Å². The molecule has 17 heavy (non-hydrogen) atoms. The molecular weight excluding hydrogens is 222 g/mol. The van der Waals surface area contributed by atoms with Crippen LogP contribution in [-0.2, 0) is 19.5 Å². The molecule has 0 spiro atoms. The van der Waals surface area contributed by atoms with E-state index in [9.17, 15) is 0 Å². The standard InChI is InChI=1S/C10H15N5O2/c1-4-9-11-12-10(16-9)6-15(3)5-8-7(2)13-17-14-8/h4-6H2,1-3H3. The number of aryl methyl sites for hydroxylation is 2. The quantitative estimate of drug-likeness (QED) is 0.765. The lowest BCUT2D eigenvalue weighted by atomic mass is 10.3. The van der Waals surface area contributed by atoms with Crippen molar-refractivity contribution >= 4 is 0 Å². The third-order valence-corrected chi connectivity index (χ3v) is 2.38. The molecule has 2 heterocycles. The fourth-order valence-electron chi connectivity index (χ4n) is 1.43. The van der Waals surface area contributed by atoms with E-state index < -0.39 is 0 Å². The molecule has 0 aliphatic heterocycles. The molecule has 0 unspecified atom stereocenters. The van der Waals surface area contributed by atoms with Crippen LogP contribution in [0.1, 0.15) is 30.1 Å². The fraction of sp³-hybridized carbons (Fsp3) is 0.600. The molecule has 7 heteroatoms. The summed E-state index contributed by atoms with van der Waals surface area (Å²) in [7, 11) is 1.95. The minimum Gasteiger partial charge on any atom is -0.424 e. The van der Waals surface area contributed by atoms with E-state index in [1.54, 1.807) is 0 Å². The maximum Gasteiger partial charge on any atom is 0.230 e. The van der Waals surface area contributed by atoms with Gasteiger partial charge < -0.3 is 4.42 Å². The summed E-state index contributed by atoms with van der Waals surface area (Å²) in [5.74, 6) is 1.27. The van der Waals surface area contributed by atoms with Crippen LogP contribution in [0.3, 0.4) is 0 Å². The van der Waals surface area contributed by atoms with Gasteiger partial charge in [-0.1, -0.05) is 17.2 Å². The minimum absolute atomic E-state index is 0.583. The zero-order valence-corrected chi connectivity index (χ0v) is 10.2. The average molecular weight is 237 g/mol. The summed E-state index contributed by atoms with van der Waals surface area (Å²) in [4.78, 5) is 2.01. The van der Waals surface area contributed by atoms with Gasteiger partial charge in [-0.3, -0.25) is 4.90 Å². The maximum absolute atomic E-state index is 5.43. The zero-order valence-electron chi connectivity index (χ0n) is 10.2. The Morgan fingerprint density at radius 2 is 1.88 bits per heavy atom. The van der Waals surface area contributed by atoms with Gasteiger partial charge in [0.1, 0.15) is 11.4 Å². The summed E-state index contributed by atoms with van der Waals surface area (Å²) in [6.45, 7) is 5.06. The second kappa shape index (κ2) is 5.05. The highest BCUT2D eigenvalue weighted by Gasteiger charge is 2.12. The molecule has 0 N–H and O–H groups in total. The van der Waals surface area contributed by atoms with Crippen molar-refractivity contribution in [2.45, 2.75) is 33.4 Å². The highest BCUT2D eigenvalue weighted by Crippen LogP contribution is 2.08. The molecule has 2 rings (SSSR count). The molecule has 0 aromatic carbocycles. The van der Waals surface area contributed by atoms with E-state index in [0.717, 1.165) is 17.8 Å². The van der Waals surface area contributed by atoms with Gasteiger partial charge in [-0.25, -0.2) is 4.63 Å². The molecule has 7 nitrogen and oxygen atoms in total. The van der Waals surface area contributed by atoms with Gasteiger partial charge >= 0.3 is 0 Å². The predicted octanol–water partition coefficient (Wildman–Crippen LogP) is 0.955. The molecule has 2 aromatic heterocycles. The molecule has 0 atom stereocenters. The molecule has 92 valence electrons. The first-order valence-corrected chi connectivity index (χ1v) is 5.47. The van der Waals surface area contributed by atoms with Crippen molar-refractivity contribution in [1.29, 1.82) is 0 Å². The highest BCUT2D eigenvalue weighted by atomic mass is 16.6. The van der Waals surface area contributed by atoms with Gasteiger partial charge in [-0.2, -0.15) is 0 Å². The summed E-state index contributed by atoms with van der Waals surface area (Å²) < 4.78 is 10.1.